The zero-order chi connectivity index (χ0) is 18.2. The summed E-state index contributed by atoms with van der Waals surface area (Å²) < 4.78 is 0. The summed E-state index contributed by atoms with van der Waals surface area (Å²) in [5, 5.41) is 29.8. The molecule has 0 radical (unpaired) electrons. The van der Waals surface area contributed by atoms with E-state index in [2.05, 4.69) is 24.4 Å². The first kappa shape index (κ1) is 22.6. The Kier molecular flexibility index (Phi) is 14.3. The second-order valence-corrected chi connectivity index (χ2v) is 6.08. The number of hydrogen-bond donors (Lipinski definition) is 4. The molecule has 0 spiro atoms. The zero-order valence-corrected chi connectivity index (χ0v) is 14.7. The highest BCUT2D eigenvalue weighted by Crippen LogP contribution is 2.08. The smallest absolute Gasteiger partial charge is 0.326 e. The predicted molar refractivity (Wildman–Crippen MR) is 93.6 cm³/mol. The molecule has 140 valence electrons. The van der Waals surface area contributed by atoms with Crippen LogP contribution in [0.4, 0.5) is 0 Å². The Morgan fingerprint density at radius 1 is 1.04 bits per heavy atom. The fourth-order valence-electron chi connectivity index (χ4n) is 2.35. The quantitative estimate of drug-likeness (QED) is 0.270. The van der Waals surface area contributed by atoms with E-state index in [9.17, 15) is 14.7 Å². The third-order valence-corrected chi connectivity index (χ3v) is 3.77. The number of nitrogens with one attached hydrogen (secondary N) is 1. The van der Waals surface area contributed by atoms with Gasteiger partial charge in [0, 0.05) is 13.0 Å². The van der Waals surface area contributed by atoms with Crippen molar-refractivity contribution in [3.05, 3.63) is 12.2 Å². The molecular formula is C18H33NO5. The van der Waals surface area contributed by atoms with E-state index in [-0.39, 0.29) is 19.4 Å². The fourth-order valence-corrected chi connectivity index (χ4v) is 2.35. The van der Waals surface area contributed by atoms with Crippen LogP contribution in [0, 0.1) is 0 Å². The van der Waals surface area contributed by atoms with Gasteiger partial charge in [0.15, 0.2) is 0 Å². The Bertz CT molecular complexity index is 370. The average Bonchev–Trinajstić information content (AvgIpc) is 2.52. The van der Waals surface area contributed by atoms with Crippen LogP contribution in [0.5, 0.6) is 0 Å². The number of amides is 1. The van der Waals surface area contributed by atoms with E-state index < -0.39 is 24.0 Å². The normalized spacial score (nSPS) is 13.8. The minimum absolute atomic E-state index is 0.0414. The molecule has 1 amide bonds. The number of unbranched alkanes of at least 4 members (excludes halogenated alkanes) is 5. The molecule has 4 N–H and O–H groups in total. The summed E-state index contributed by atoms with van der Waals surface area (Å²) >= 11 is 0. The first-order chi connectivity index (χ1) is 11.5. The van der Waals surface area contributed by atoms with E-state index in [1.54, 1.807) is 0 Å². The van der Waals surface area contributed by atoms with Gasteiger partial charge >= 0.3 is 5.97 Å². The van der Waals surface area contributed by atoms with Crippen molar-refractivity contribution in [2.24, 2.45) is 0 Å². The van der Waals surface area contributed by atoms with Crippen LogP contribution in [0.2, 0.25) is 0 Å². The average molecular weight is 343 g/mol. The van der Waals surface area contributed by atoms with Gasteiger partial charge in [0.2, 0.25) is 5.91 Å². The van der Waals surface area contributed by atoms with E-state index in [1.807, 2.05) is 0 Å². The number of carboxylic acids is 1. The van der Waals surface area contributed by atoms with Gasteiger partial charge in [-0.2, -0.15) is 0 Å². The van der Waals surface area contributed by atoms with Crippen molar-refractivity contribution in [1.82, 2.24) is 5.32 Å². The third-order valence-electron chi connectivity index (χ3n) is 3.77. The number of aliphatic hydroxyl groups excluding tert-OH is 2. The van der Waals surface area contributed by atoms with E-state index >= 15 is 0 Å². The van der Waals surface area contributed by atoms with Crippen molar-refractivity contribution in [3.8, 4) is 0 Å². The Morgan fingerprint density at radius 2 is 1.71 bits per heavy atom. The van der Waals surface area contributed by atoms with Gasteiger partial charge in [-0.3, -0.25) is 4.79 Å². The molecule has 6 heteroatoms. The summed E-state index contributed by atoms with van der Waals surface area (Å²) in [6.07, 6.45) is 11.6. The predicted octanol–water partition coefficient (Wildman–Crippen LogP) is 2.39. The van der Waals surface area contributed by atoms with Crippen molar-refractivity contribution >= 4 is 11.9 Å². The SMILES string of the molecule is CCCCCC/C=C\CCCC(O)CC(=O)N[C@@H](CCO)C(=O)O. The van der Waals surface area contributed by atoms with Crippen molar-refractivity contribution in [2.45, 2.75) is 83.3 Å². The Balaban J connectivity index is 3.77. The van der Waals surface area contributed by atoms with Crippen LogP contribution in [0.15, 0.2) is 12.2 Å². The largest absolute Gasteiger partial charge is 0.480 e. The van der Waals surface area contributed by atoms with Crippen LogP contribution in [0.25, 0.3) is 0 Å². The molecule has 24 heavy (non-hydrogen) atoms. The minimum atomic E-state index is -1.18. The third kappa shape index (κ3) is 13.1. The van der Waals surface area contributed by atoms with Gasteiger partial charge in [-0.05, 0) is 32.1 Å². The van der Waals surface area contributed by atoms with Gasteiger partial charge in [-0.15, -0.1) is 0 Å². The van der Waals surface area contributed by atoms with Gasteiger partial charge in [-0.1, -0.05) is 38.3 Å². The fraction of sp³-hybridized carbons (Fsp3) is 0.778. The van der Waals surface area contributed by atoms with Gasteiger partial charge in [-0.25, -0.2) is 4.79 Å². The molecule has 6 nitrogen and oxygen atoms in total. The molecule has 0 aliphatic heterocycles. The van der Waals surface area contributed by atoms with Crippen molar-refractivity contribution in [2.75, 3.05) is 6.61 Å². The van der Waals surface area contributed by atoms with E-state index in [4.69, 9.17) is 10.2 Å². The monoisotopic (exact) mass is 343 g/mol. The standard InChI is InChI=1S/C18H33NO5/c1-2-3-4-5-6-7-8-9-10-11-15(21)14-17(22)19-16(12-13-20)18(23)24/h7-8,15-16,20-21H,2-6,9-14H2,1H3,(H,19,22)(H,23,24)/b8-7-/t15?,16-/m0/s1. The molecule has 2 atom stereocenters. The van der Waals surface area contributed by atoms with Crippen molar-refractivity contribution < 1.29 is 24.9 Å². The molecule has 0 aliphatic rings. The highest BCUT2D eigenvalue weighted by atomic mass is 16.4. The number of carbonyl (C=O) groups excluding carboxylic acids is 1. The van der Waals surface area contributed by atoms with Crippen LogP contribution in [-0.4, -0.2) is 45.9 Å². The number of carboxylic acid groups (broad SMARTS) is 1. The number of carbonyl (C=O) groups is 2. The highest BCUT2D eigenvalue weighted by Gasteiger charge is 2.20. The molecule has 0 aromatic carbocycles. The maximum absolute atomic E-state index is 11.7. The summed E-state index contributed by atoms with van der Waals surface area (Å²) in [4.78, 5) is 22.5. The van der Waals surface area contributed by atoms with Crippen LogP contribution < -0.4 is 5.32 Å². The number of aliphatic carboxylic acids is 1. The van der Waals surface area contributed by atoms with Gasteiger partial charge in [0.05, 0.1) is 12.5 Å². The molecule has 0 rings (SSSR count). The van der Waals surface area contributed by atoms with Crippen LogP contribution in [-0.2, 0) is 9.59 Å². The van der Waals surface area contributed by atoms with Crippen molar-refractivity contribution in [1.29, 1.82) is 0 Å². The molecule has 0 aliphatic carbocycles. The molecule has 1 unspecified atom stereocenters. The van der Waals surface area contributed by atoms with Crippen LogP contribution >= 0.6 is 0 Å². The molecular weight excluding hydrogens is 310 g/mol. The molecule has 0 heterocycles. The summed E-state index contributed by atoms with van der Waals surface area (Å²) in [5.41, 5.74) is 0. The summed E-state index contributed by atoms with van der Waals surface area (Å²) in [6, 6.07) is -1.11. The summed E-state index contributed by atoms with van der Waals surface area (Å²) in [5.74, 6) is -1.69. The number of rotatable bonds is 15. The molecule has 0 fully saturated rings. The lowest BCUT2D eigenvalue weighted by Crippen LogP contribution is -2.42. The first-order valence-corrected chi connectivity index (χ1v) is 8.97. The maximum atomic E-state index is 11.7. The molecule has 0 bridgehead atoms. The number of aliphatic hydroxyl groups is 2. The van der Waals surface area contributed by atoms with Crippen molar-refractivity contribution in [3.63, 3.8) is 0 Å². The zero-order valence-electron chi connectivity index (χ0n) is 14.7. The Labute approximate surface area is 145 Å². The maximum Gasteiger partial charge on any atom is 0.326 e. The highest BCUT2D eigenvalue weighted by molar-refractivity contribution is 5.83. The first-order valence-electron chi connectivity index (χ1n) is 8.97. The lowest BCUT2D eigenvalue weighted by molar-refractivity contribution is -0.142. The summed E-state index contributed by atoms with van der Waals surface area (Å²) in [7, 11) is 0. The van der Waals surface area contributed by atoms with Crippen LogP contribution in [0.3, 0.4) is 0 Å². The second kappa shape index (κ2) is 15.1. The van der Waals surface area contributed by atoms with E-state index in [1.165, 1.54) is 25.7 Å². The topological polar surface area (TPSA) is 107 Å². The Morgan fingerprint density at radius 3 is 2.29 bits per heavy atom. The van der Waals surface area contributed by atoms with Gasteiger partial charge in [0.25, 0.3) is 0 Å². The van der Waals surface area contributed by atoms with E-state index in [0.29, 0.717) is 6.42 Å². The lowest BCUT2D eigenvalue weighted by Gasteiger charge is -2.15. The number of allylic oxidation sites excluding steroid dienone is 2. The van der Waals surface area contributed by atoms with Crippen LogP contribution in [0.1, 0.15) is 71.1 Å². The second-order valence-electron chi connectivity index (χ2n) is 6.08. The van der Waals surface area contributed by atoms with Gasteiger partial charge < -0.3 is 20.6 Å². The summed E-state index contributed by atoms with van der Waals surface area (Å²) in [6.45, 7) is 1.88. The van der Waals surface area contributed by atoms with Gasteiger partial charge in [0.1, 0.15) is 6.04 Å². The number of hydrogen-bond acceptors (Lipinski definition) is 4. The molecule has 0 aromatic rings. The molecule has 0 aromatic heterocycles. The van der Waals surface area contributed by atoms with E-state index in [0.717, 1.165) is 19.3 Å². The molecule has 0 saturated heterocycles. The molecule has 0 saturated carbocycles. The lowest BCUT2D eigenvalue weighted by atomic mass is 10.1. The minimum Gasteiger partial charge on any atom is -0.480 e. The Hall–Kier alpha value is -1.40.